The van der Waals surface area contributed by atoms with E-state index in [1.807, 2.05) is 19.2 Å². The van der Waals surface area contributed by atoms with Crippen molar-refractivity contribution in [2.75, 3.05) is 18.0 Å². The summed E-state index contributed by atoms with van der Waals surface area (Å²) in [5, 5.41) is 19.0. The van der Waals surface area contributed by atoms with Crippen LogP contribution in [0.4, 0.5) is 5.82 Å². The summed E-state index contributed by atoms with van der Waals surface area (Å²) in [6, 6.07) is 2.02. The Labute approximate surface area is 151 Å². The van der Waals surface area contributed by atoms with E-state index in [2.05, 4.69) is 32.0 Å². The number of ether oxygens (including phenoxy) is 1. The second kappa shape index (κ2) is 6.91. The highest BCUT2D eigenvalue weighted by Crippen LogP contribution is 2.25. The number of anilines is 1. The maximum absolute atomic E-state index is 10.5. The van der Waals surface area contributed by atoms with Crippen LogP contribution in [0.1, 0.15) is 26.0 Å². The first kappa shape index (κ1) is 16.8. The third kappa shape index (κ3) is 3.10. The molecular weight excluding hydrogens is 334 g/mol. The van der Waals surface area contributed by atoms with E-state index in [0.717, 1.165) is 30.9 Å². The normalized spacial score (nSPS) is 20.2. The lowest BCUT2D eigenvalue weighted by Crippen LogP contribution is -2.30. The number of fused-ring (bicyclic) bond motifs is 1. The van der Waals surface area contributed by atoms with Gasteiger partial charge in [-0.15, -0.1) is 0 Å². The molecule has 9 heteroatoms. The quantitative estimate of drug-likeness (QED) is 0.701. The second-order valence-corrected chi connectivity index (χ2v) is 6.49. The van der Waals surface area contributed by atoms with Crippen LogP contribution in [-0.4, -0.2) is 59.8 Å². The molecule has 1 N–H and O–H groups in total. The Morgan fingerprint density at radius 3 is 2.92 bits per heavy atom. The van der Waals surface area contributed by atoms with Crippen molar-refractivity contribution in [3.63, 3.8) is 0 Å². The van der Waals surface area contributed by atoms with Crippen molar-refractivity contribution in [3.8, 4) is 5.75 Å². The number of aryl methyl sites for hydroxylation is 2. The van der Waals surface area contributed by atoms with Gasteiger partial charge in [-0.25, -0.2) is 4.98 Å². The summed E-state index contributed by atoms with van der Waals surface area (Å²) in [4.78, 5) is 10.8. The number of nitrogens with zero attached hydrogens (tertiary/aromatic N) is 7. The van der Waals surface area contributed by atoms with E-state index >= 15 is 0 Å². The number of rotatable bonds is 6. The van der Waals surface area contributed by atoms with Crippen molar-refractivity contribution in [2.45, 2.75) is 45.4 Å². The Balaban J connectivity index is 1.57. The van der Waals surface area contributed by atoms with Crippen LogP contribution in [0.5, 0.6) is 5.75 Å². The number of aromatic nitrogens is 6. The van der Waals surface area contributed by atoms with Crippen LogP contribution in [0.3, 0.4) is 0 Å². The Bertz CT molecular complexity index is 890. The lowest BCUT2D eigenvalue weighted by Gasteiger charge is -2.19. The van der Waals surface area contributed by atoms with Gasteiger partial charge in [0.05, 0.1) is 18.9 Å². The van der Waals surface area contributed by atoms with Gasteiger partial charge in [0, 0.05) is 24.8 Å². The van der Waals surface area contributed by atoms with Crippen LogP contribution in [0, 0.1) is 0 Å². The molecule has 0 unspecified atom stereocenters. The minimum Gasteiger partial charge on any atom is -0.482 e. The van der Waals surface area contributed by atoms with Crippen LogP contribution < -0.4 is 9.64 Å². The predicted molar refractivity (Wildman–Crippen MR) is 95.3 cm³/mol. The molecule has 0 aromatic carbocycles. The first-order valence-corrected chi connectivity index (χ1v) is 8.99. The fourth-order valence-electron chi connectivity index (χ4n) is 3.27. The molecule has 0 saturated carbocycles. The van der Waals surface area contributed by atoms with Crippen LogP contribution in [-0.2, 0) is 13.0 Å². The lowest BCUT2D eigenvalue weighted by molar-refractivity contribution is 0.0737. The zero-order valence-corrected chi connectivity index (χ0v) is 15.0. The SMILES string of the molecule is CCCc1cc(N2C[C@@H](O)[C@H](Oc3cnn(CC)c3)C2)n2ncnc2n1. The molecule has 9 nitrogen and oxygen atoms in total. The molecule has 0 radical (unpaired) electrons. The highest BCUT2D eigenvalue weighted by Gasteiger charge is 2.35. The molecule has 1 aliphatic heterocycles. The largest absolute Gasteiger partial charge is 0.482 e. The number of hydrogen-bond acceptors (Lipinski definition) is 7. The van der Waals surface area contributed by atoms with Crippen LogP contribution in [0.25, 0.3) is 5.78 Å². The van der Waals surface area contributed by atoms with E-state index in [-0.39, 0.29) is 6.10 Å². The molecular formula is C17H23N7O2. The fraction of sp³-hybridized carbons (Fsp3) is 0.529. The number of aliphatic hydroxyl groups excluding tert-OH is 1. The molecule has 1 fully saturated rings. The highest BCUT2D eigenvalue weighted by molar-refractivity contribution is 5.49. The summed E-state index contributed by atoms with van der Waals surface area (Å²) in [5.41, 5.74) is 0.978. The molecule has 3 aromatic rings. The maximum Gasteiger partial charge on any atom is 0.254 e. The zero-order valence-electron chi connectivity index (χ0n) is 15.0. The summed E-state index contributed by atoms with van der Waals surface area (Å²) in [5.74, 6) is 2.13. The van der Waals surface area contributed by atoms with E-state index in [1.54, 1.807) is 15.4 Å². The molecule has 4 rings (SSSR count). The van der Waals surface area contributed by atoms with Crippen LogP contribution in [0.2, 0.25) is 0 Å². The molecule has 2 atom stereocenters. The first-order valence-electron chi connectivity index (χ1n) is 8.99. The maximum atomic E-state index is 10.5. The van der Waals surface area contributed by atoms with Gasteiger partial charge in [-0.2, -0.15) is 19.7 Å². The van der Waals surface area contributed by atoms with Gasteiger partial charge in [0.1, 0.15) is 24.4 Å². The lowest BCUT2D eigenvalue weighted by atomic mass is 10.2. The van der Waals surface area contributed by atoms with E-state index in [9.17, 15) is 5.11 Å². The van der Waals surface area contributed by atoms with Gasteiger partial charge in [-0.05, 0) is 13.3 Å². The highest BCUT2D eigenvalue weighted by atomic mass is 16.5. The number of β-amino-alcohol motifs (C(OH)–C–C–N with tert-alkyl or cyclic N) is 1. The Kier molecular flexibility index (Phi) is 4.46. The standard InChI is InChI=1S/C17H23N7O2/c1-3-5-12-6-16(24-17(21-12)18-11-20-24)22-9-14(25)15(10-22)26-13-7-19-23(4-2)8-13/h6-8,11,14-15,25H,3-5,9-10H2,1-2H3/t14-,15-/m1/s1. The van der Waals surface area contributed by atoms with Gasteiger partial charge in [-0.3, -0.25) is 4.68 Å². The van der Waals surface area contributed by atoms with Crippen molar-refractivity contribution in [1.82, 2.24) is 29.4 Å². The molecule has 0 aliphatic carbocycles. The second-order valence-electron chi connectivity index (χ2n) is 6.49. The first-order chi connectivity index (χ1) is 12.7. The minimum atomic E-state index is -0.596. The van der Waals surface area contributed by atoms with Gasteiger partial charge in [0.15, 0.2) is 5.75 Å². The summed E-state index contributed by atoms with van der Waals surface area (Å²) in [6.45, 7) is 5.95. The van der Waals surface area contributed by atoms with Gasteiger partial charge in [-0.1, -0.05) is 13.3 Å². The summed E-state index contributed by atoms with van der Waals surface area (Å²) in [6.07, 6.45) is 5.99. The Hall–Kier alpha value is -2.68. The molecule has 3 aromatic heterocycles. The monoisotopic (exact) mass is 357 g/mol. The molecule has 4 heterocycles. The van der Waals surface area contributed by atoms with Crippen molar-refractivity contribution in [1.29, 1.82) is 0 Å². The predicted octanol–water partition coefficient (Wildman–Crippen LogP) is 0.922. The molecule has 0 bridgehead atoms. The van der Waals surface area contributed by atoms with E-state index < -0.39 is 6.10 Å². The number of hydrogen-bond donors (Lipinski definition) is 1. The van der Waals surface area contributed by atoms with Gasteiger partial charge < -0.3 is 14.7 Å². The van der Waals surface area contributed by atoms with Crippen molar-refractivity contribution >= 4 is 11.6 Å². The van der Waals surface area contributed by atoms with Crippen molar-refractivity contribution in [3.05, 3.63) is 30.5 Å². The van der Waals surface area contributed by atoms with E-state index in [1.165, 1.54) is 6.33 Å². The third-order valence-corrected chi connectivity index (χ3v) is 4.57. The molecule has 0 amide bonds. The Morgan fingerprint density at radius 1 is 1.27 bits per heavy atom. The average Bonchev–Trinajstić information content (AvgIpc) is 3.35. The minimum absolute atomic E-state index is 0.328. The summed E-state index contributed by atoms with van der Waals surface area (Å²) in [7, 11) is 0. The summed E-state index contributed by atoms with van der Waals surface area (Å²) < 4.78 is 9.47. The molecule has 1 saturated heterocycles. The molecule has 0 spiro atoms. The van der Waals surface area contributed by atoms with Crippen LogP contribution in [0.15, 0.2) is 24.8 Å². The smallest absolute Gasteiger partial charge is 0.254 e. The average molecular weight is 357 g/mol. The fourth-order valence-corrected chi connectivity index (χ4v) is 3.27. The third-order valence-electron chi connectivity index (χ3n) is 4.57. The summed E-state index contributed by atoms with van der Waals surface area (Å²) >= 11 is 0. The molecule has 1 aliphatic rings. The molecule has 138 valence electrons. The van der Waals surface area contributed by atoms with Crippen molar-refractivity contribution in [2.24, 2.45) is 0 Å². The van der Waals surface area contributed by atoms with E-state index in [4.69, 9.17) is 4.74 Å². The Morgan fingerprint density at radius 2 is 2.15 bits per heavy atom. The number of aliphatic hydroxyl groups is 1. The van der Waals surface area contributed by atoms with Gasteiger partial charge >= 0.3 is 0 Å². The van der Waals surface area contributed by atoms with Gasteiger partial charge in [0.25, 0.3) is 5.78 Å². The van der Waals surface area contributed by atoms with Crippen molar-refractivity contribution < 1.29 is 9.84 Å². The van der Waals surface area contributed by atoms with E-state index in [0.29, 0.717) is 24.6 Å². The van der Waals surface area contributed by atoms with Crippen LogP contribution >= 0.6 is 0 Å². The zero-order chi connectivity index (χ0) is 18.1. The topological polar surface area (TPSA) is 93.6 Å². The molecule has 26 heavy (non-hydrogen) atoms. The van der Waals surface area contributed by atoms with Gasteiger partial charge in [0.2, 0.25) is 0 Å².